The van der Waals surface area contributed by atoms with Gasteiger partial charge in [0.25, 0.3) is 0 Å². The Bertz CT molecular complexity index is 562. The summed E-state index contributed by atoms with van der Waals surface area (Å²) in [5, 5.41) is 5.80. The summed E-state index contributed by atoms with van der Waals surface area (Å²) in [6, 6.07) is 5.90. The normalized spacial score (nSPS) is 17.0. The van der Waals surface area contributed by atoms with Crippen LogP contribution in [0.1, 0.15) is 44.2 Å². The van der Waals surface area contributed by atoms with E-state index < -0.39 is 5.41 Å². The third-order valence-electron chi connectivity index (χ3n) is 4.37. The molecule has 0 spiro atoms. The average Bonchev–Trinajstić information content (AvgIpc) is 3.24. The van der Waals surface area contributed by atoms with Crippen molar-refractivity contribution in [2.75, 3.05) is 5.32 Å². The highest BCUT2D eigenvalue weighted by atomic mass is 16.2. The zero-order valence-electron chi connectivity index (χ0n) is 13.2. The van der Waals surface area contributed by atoms with E-state index in [1.165, 1.54) is 5.56 Å². The lowest BCUT2D eigenvalue weighted by molar-refractivity contribution is -0.134. The maximum atomic E-state index is 12.4. The van der Waals surface area contributed by atoms with Crippen LogP contribution in [0.4, 0.5) is 5.69 Å². The summed E-state index contributed by atoms with van der Waals surface area (Å²) in [6.45, 7) is 8.01. The smallest absolute Gasteiger partial charge is 0.240 e. The van der Waals surface area contributed by atoms with E-state index in [9.17, 15) is 9.59 Å². The van der Waals surface area contributed by atoms with E-state index in [4.69, 9.17) is 0 Å². The highest BCUT2D eigenvalue weighted by molar-refractivity contribution is 6.13. The van der Waals surface area contributed by atoms with Gasteiger partial charge in [0.2, 0.25) is 11.8 Å². The van der Waals surface area contributed by atoms with Crippen LogP contribution in [0.15, 0.2) is 18.2 Å². The molecule has 0 aromatic heterocycles. The van der Waals surface area contributed by atoms with Crippen molar-refractivity contribution in [1.29, 1.82) is 0 Å². The number of hydrogen-bond acceptors (Lipinski definition) is 2. The molecule has 1 unspecified atom stereocenters. The van der Waals surface area contributed by atoms with Crippen molar-refractivity contribution in [2.24, 2.45) is 5.41 Å². The van der Waals surface area contributed by atoms with Crippen molar-refractivity contribution in [1.82, 2.24) is 5.32 Å². The summed E-state index contributed by atoms with van der Waals surface area (Å²) in [5.41, 5.74) is 2.21. The maximum Gasteiger partial charge on any atom is 0.240 e. The van der Waals surface area contributed by atoms with Crippen LogP contribution in [0.3, 0.4) is 0 Å². The van der Waals surface area contributed by atoms with Gasteiger partial charge in [0.15, 0.2) is 0 Å². The maximum absolute atomic E-state index is 12.4. The molecule has 2 rings (SSSR count). The lowest BCUT2D eigenvalue weighted by Gasteiger charge is -2.18. The van der Waals surface area contributed by atoms with E-state index in [0.29, 0.717) is 12.8 Å². The molecule has 2 amide bonds. The van der Waals surface area contributed by atoms with Crippen LogP contribution in [-0.2, 0) is 9.59 Å². The molecule has 21 heavy (non-hydrogen) atoms. The number of hydrogen-bond donors (Lipinski definition) is 2. The monoisotopic (exact) mass is 288 g/mol. The Morgan fingerprint density at radius 1 is 1.19 bits per heavy atom. The molecule has 1 aliphatic carbocycles. The predicted molar refractivity (Wildman–Crippen MR) is 84.1 cm³/mol. The van der Waals surface area contributed by atoms with Gasteiger partial charge in [-0.1, -0.05) is 13.0 Å². The fraction of sp³-hybridized carbons (Fsp3) is 0.529. The van der Waals surface area contributed by atoms with Gasteiger partial charge in [0.1, 0.15) is 5.41 Å². The molecule has 0 aliphatic heterocycles. The first-order valence-electron chi connectivity index (χ1n) is 7.58. The van der Waals surface area contributed by atoms with Crippen LogP contribution in [0, 0.1) is 19.3 Å². The number of nitrogens with one attached hydrogen (secondary N) is 2. The summed E-state index contributed by atoms with van der Waals surface area (Å²) in [4.78, 5) is 24.7. The molecular weight excluding hydrogens is 264 g/mol. The fourth-order valence-corrected chi connectivity index (χ4v) is 2.22. The number of aryl methyl sites for hydroxylation is 2. The van der Waals surface area contributed by atoms with Crippen LogP contribution in [-0.4, -0.2) is 17.9 Å². The Kier molecular flexibility index (Phi) is 4.35. The van der Waals surface area contributed by atoms with Crippen LogP contribution in [0.5, 0.6) is 0 Å². The molecule has 2 N–H and O–H groups in total. The van der Waals surface area contributed by atoms with E-state index in [1.54, 1.807) is 0 Å². The predicted octanol–water partition coefficient (Wildman–Crippen LogP) is 2.94. The van der Waals surface area contributed by atoms with Gasteiger partial charge in [-0.15, -0.1) is 0 Å². The second kappa shape index (κ2) is 5.88. The minimum atomic E-state index is -0.859. The standard InChI is InChI=1S/C17H24N2O2/c1-5-13(4)18-15(20)17(8-9-17)16(21)19-14-7-6-11(2)12(3)10-14/h6-7,10,13H,5,8-9H2,1-4H3,(H,18,20)(H,19,21). The molecule has 1 aliphatic rings. The molecule has 1 atom stereocenters. The van der Waals surface area contributed by atoms with Gasteiger partial charge in [0, 0.05) is 11.7 Å². The number of carbonyl (C=O) groups is 2. The van der Waals surface area contributed by atoms with Crippen LogP contribution in [0.25, 0.3) is 0 Å². The lowest BCUT2D eigenvalue weighted by atomic mass is 10.0. The summed E-state index contributed by atoms with van der Waals surface area (Å²) < 4.78 is 0. The van der Waals surface area contributed by atoms with Crippen molar-refractivity contribution < 1.29 is 9.59 Å². The Balaban J connectivity index is 2.05. The first-order chi connectivity index (χ1) is 9.89. The number of anilines is 1. The Morgan fingerprint density at radius 2 is 1.86 bits per heavy atom. The summed E-state index contributed by atoms with van der Waals surface area (Å²) in [6.07, 6.45) is 2.12. The number of rotatable bonds is 5. The molecule has 0 heterocycles. The number of carbonyl (C=O) groups excluding carboxylic acids is 2. The third-order valence-corrected chi connectivity index (χ3v) is 4.37. The molecule has 0 radical (unpaired) electrons. The molecule has 1 saturated carbocycles. The zero-order chi connectivity index (χ0) is 15.6. The van der Waals surface area contributed by atoms with E-state index >= 15 is 0 Å². The van der Waals surface area contributed by atoms with E-state index in [2.05, 4.69) is 10.6 Å². The first kappa shape index (κ1) is 15.5. The molecule has 1 fully saturated rings. The van der Waals surface area contributed by atoms with Gasteiger partial charge in [-0.05, 0) is 63.3 Å². The van der Waals surface area contributed by atoms with Gasteiger partial charge in [-0.25, -0.2) is 0 Å². The Morgan fingerprint density at radius 3 is 2.38 bits per heavy atom. The number of amides is 2. The minimum Gasteiger partial charge on any atom is -0.353 e. The highest BCUT2D eigenvalue weighted by Gasteiger charge is 2.56. The van der Waals surface area contributed by atoms with Crippen molar-refractivity contribution >= 4 is 17.5 Å². The van der Waals surface area contributed by atoms with Crippen molar-refractivity contribution in [3.8, 4) is 0 Å². The van der Waals surface area contributed by atoms with Crippen molar-refractivity contribution in [3.05, 3.63) is 29.3 Å². The van der Waals surface area contributed by atoms with Gasteiger partial charge in [-0.2, -0.15) is 0 Å². The minimum absolute atomic E-state index is 0.101. The van der Waals surface area contributed by atoms with Gasteiger partial charge in [0.05, 0.1) is 0 Å². The topological polar surface area (TPSA) is 58.2 Å². The molecular formula is C17H24N2O2. The molecule has 0 bridgehead atoms. The highest BCUT2D eigenvalue weighted by Crippen LogP contribution is 2.47. The second-order valence-electron chi connectivity index (χ2n) is 6.12. The lowest BCUT2D eigenvalue weighted by Crippen LogP contribution is -2.43. The molecule has 114 valence electrons. The molecule has 4 nitrogen and oxygen atoms in total. The molecule has 1 aromatic rings. The Labute approximate surface area is 126 Å². The van der Waals surface area contributed by atoms with E-state index in [-0.39, 0.29) is 17.9 Å². The van der Waals surface area contributed by atoms with E-state index in [1.807, 2.05) is 45.9 Å². The van der Waals surface area contributed by atoms with Crippen LogP contribution in [0.2, 0.25) is 0 Å². The second-order valence-corrected chi connectivity index (χ2v) is 6.12. The number of benzene rings is 1. The quantitative estimate of drug-likeness (QED) is 0.818. The summed E-state index contributed by atoms with van der Waals surface area (Å²) in [7, 11) is 0. The van der Waals surface area contributed by atoms with Crippen LogP contribution >= 0.6 is 0 Å². The van der Waals surface area contributed by atoms with Gasteiger partial charge in [-0.3, -0.25) is 9.59 Å². The van der Waals surface area contributed by atoms with Gasteiger partial charge < -0.3 is 10.6 Å². The SMILES string of the molecule is CCC(C)NC(=O)C1(C(=O)Nc2ccc(C)c(C)c2)CC1. The largest absolute Gasteiger partial charge is 0.353 e. The van der Waals surface area contributed by atoms with Crippen molar-refractivity contribution in [3.63, 3.8) is 0 Å². The average molecular weight is 288 g/mol. The van der Waals surface area contributed by atoms with Crippen LogP contribution < -0.4 is 10.6 Å². The third kappa shape index (κ3) is 3.26. The summed E-state index contributed by atoms with van der Waals surface area (Å²) >= 11 is 0. The molecule has 1 aromatic carbocycles. The van der Waals surface area contributed by atoms with Gasteiger partial charge >= 0.3 is 0 Å². The van der Waals surface area contributed by atoms with Crippen molar-refractivity contribution in [2.45, 2.75) is 53.0 Å². The first-order valence-corrected chi connectivity index (χ1v) is 7.58. The van der Waals surface area contributed by atoms with E-state index in [0.717, 1.165) is 17.7 Å². The fourth-order valence-electron chi connectivity index (χ4n) is 2.22. The molecule has 4 heteroatoms. The Hall–Kier alpha value is -1.84. The molecule has 0 saturated heterocycles. The zero-order valence-corrected chi connectivity index (χ0v) is 13.2. The summed E-state index contributed by atoms with van der Waals surface area (Å²) in [5.74, 6) is -0.329.